The van der Waals surface area contributed by atoms with Gasteiger partial charge in [0, 0.05) is 12.2 Å². The molecular weight excluding hydrogens is 252 g/mol. The van der Waals surface area contributed by atoms with Crippen LogP contribution in [-0.4, -0.2) is 18.4 Å². The highest BCUT2D eigenvalue weighted by atomic mass is 16.2. The zero-order chi connectivity index (χ0) is 15.2. The van der Waals surface area contributed by atoms with Crippen LogP contribution in [0.3, 0.4) is 0 Å². The number of anilines is 1. The van der Waals surface area contributed by atoms with Gasteiger partial charge in [-0.05, 0) is 38.3 Å². The molecule has 2 amide bonds. The molecule has 0 heterocycles. The lowest BCUT2D eigenvalue weighted by molar-refractivity contribution is -0.138. The number of carbonyl (C=O) groups is 2. The molecule has 0 bridgehead atoms. The minimum Gasteiger partial charge on any atom is -0.355 e. The van der Waals surface area contributed by atoms with E-state index in [0.29, 0.717) is 18.2 Å². The fraction of sp³-hybridized carbons (Fsp3) is 0.500. The van der Waals surface area contributed by atoms with Gasteiger partial charge in [0.15, 0.2) is 0 Å². The molecule has 0 fully saturated rings. The van der Waals surface area contributed by atoms with Crippen molar-refractivity contribution in [2.45, 2.75) is 34.1 Å². The van der Waals surface area contributed by atoms with Gasteiger partial charge in [-0.1, -0.05) is 32.0 Å². The summed E-state index contributed by atoms with van der Waals surface area (Å²) in [5.41, 5.74) is -0.395. The van der Waals surface area contributed by atoms with Gasteiger partial charge in [-0.15, -0.1) is 0 Å². The van der Waals surface area contributed by atoms with E-state index in [9.17, 15) is 9.59 Å². The van der Waals surface area contributed by atoms with Crippen molar-refractivity contribution in [3.8, 4) is 0 Å². The van der Waals surface area contributed by atoms with Gasteiger partial charge in [-0.25, -0.2) is 0 Å². The fourth-order valence-corrected chi connectivity index (χ4v) is 1.61. The second-order valence-electron chi connectivity index (χ2n) is 5.88. The first kappa shape index (κ1) is 16.2. The van der Waals surface area contributed by atoms with Crippen molar-refractivity contribution in [3.63, 3.8) is 0 Å². The molecule has 1 aromatic rings. The zero-order valence-electron chi connectivity index (χ0n) is 12.7. The lowest BCUT2D eigenvalue weighted by atomic mass is 9.90. The summed E-state index contributed by atoms with van der Waals surface area (Å²) in [6, 6.07) is 9.14. The van der Waals surface area contributed by atoms with E-state index >= 15 is 0 Å². The van der Waals surface area contributed by atoms with E-state index in [4.69, 9.17) is 0 Å². The quantitative estimate of drug-likeness (QED) is 0.785. The molecule has 0 atom stereocenters. The molecule has 0 aromatic heterocycles. The number of hydrogen-bond acceptors (Lipinski definition) is 2. The molecule has 0 spiro atoms. The standard InChI is InChI=1S/C16H24N2O2/c1-12(2)10-11-17-14(19)16(3,4)15(20)18-13-8-6-5-7-9-13/h5-9,12H,10-11H2,1-4H3,(H,17,19)(H,18,20). The highest BCUT2D eigenvalue weighted by Crippen LogP contribution is 2.19. The van der Waals surface area contributed by atoms with Crippen LogP contribution in [0.5, 0.6) is 0 Å². The van der Waals surface area contributed by atoms with Crippen LogP contribution in [-0.2, 0) is 9.59 Å². The molecule has 4 heteroatoms. The second-order valence-corrected chi connectivity index (χ2v) is 5.88. The number of para-hydroxylation sites is 1. The van der Waals surface area contributed by atoms with Gasteiger partial charge in [-0.2, -0.15) is 0 Å². The Bertz CT molecular complexity index is 453. The molecule has 4 nitrogen and oxygen atoms in total. The first-order chi connectivity index (χ1) is 9.34. The third-order valence-corrected chi connectivity index (χ3v) is 3.17. The smallest absolute Gasteiger partial charge is 0.239 e. The van der Waals surface area contributed by atoms with Crippen LogP contribution in [0.25, 0.3) is 0 Å². The fourth-order valence-electron chi connectivity index (χ4n) is 1.61. The van der Waals surface area contributed by atoms with E-state index in [1.165, 1.54) is 0 Å². The SMILES string of the molecule is CC(C)CCNC(=O)C(C)(C)C(=O)Nc1ccccc1. The Morgan fingerprint density at radius 2 is 1.70 bits per heavy atom. The van der Waals surface area contributed by atoms with Crippen molar-refractivity contribution in [1.29, 1.82) is 0 Å². The average molecular weight is 276 g/mol. The van der Waals surface area contributed by atoms with Crippen LogP contribution in [0.1, 0.15) is 34.1 Å². The molecule has 20 heavy (non-hydrogen) atoms. The van der Waals surface area contributed by atoms with E-state index in [0.717, 1.165) is 6.42 Å². The van der Waals surface area contributed by atoms with Gasteiger partial charge in [0.1, 0.15) is 5.41 Å². The normalized spacial score (nSPS) is 11.2. The molecular formula is C16H24N2O2. The third kappa shape index (κ3) is 4.68. The van der Waals surface area contributed by atoms with Gasteiger partial charge >= 0.3 is 0 Å². The van der Waals surface area contributed by atoms with Crippen molar-refractivity contribution in [3.05, 3.63) is 30.3 Å². The molecule has 1 aromatic carbocycles. The molecule has 0 radical (unpaired) electrons. The van der Waals surface area contributed by atoms with Gasteiger partial charge < -0.3 is 10.6 Å². The van der Waals surface area contributed by atoms with Crippen LogP contribution in [0.2, 0.25) is 0 Å². The largest absolute Gasteiger partial charge is 0.355 e. The lowest BCUT2D eigenvalue weighted by Crippen LogP contribution is -2.45. The predicted octanol–water partition coefficient (Wildman–Crippen LogP) is 2.81. The van der Waals surface area contributed by atoms with Crippen molar-refractivity contribution in [2.75, 3.05) is 11.9 Å². The number of hydrogen-bond donors (Lipinski definition) is 2. The number of carbonyl (C=O) groups excluding carboxylic acids is 2. The summed E-state index contributed by atoms with van der Waals surface area (Å²) in [6.07, 6.45) is 0.905. The lowest BCUT2D eigenvalue weighted by Gasteiger charge is -2.23. The molecule has 0 saturated carbocycles. The minimum atomic E-state index is -1.09. The van der Waals surface area contributed by atoms with Gasteiger partial charge in [0.05, 0.1) is 0 Å². The molecule has 2 N–H and O–H groups in total. The van der Waals surface area contributed by atoms with E-state index < -0.39 is 5.41 Å². The molecule has 110 valence electrons. The van der Waals surface area contributed by atoms with Crippen LogP contribution >= 0.6 is 0 Å². The van der Waals surface area contributed by atoms with E-state index in [1.54, 1.807) is 26.0 Å². The van der Waals surface area contributed by atoms with Crippen molar-refractivity contribution in [2.24, 2.45) is 11.3 Å². The molecule has 1 rings (SSSR count). The van der Waals surface area contributed by atoms with Gasteiger partial charge in [-0.3, -0.25) is 9.59 Å². The summed E-state index contributed by atoms with van der Waals surface area (Å²) in [7, 11) is 0. The third-order valence-electron chi connectivity index (χ3n) is 3.17. The molecule has 0 saturated heterocycles. The first-order valence-corrected chi connectivity index (χ1v) is 6.99. The van der Waals surface area contributed by atoms with Crippen LogP contribution in [0, 0.1) is 11.3 Å². The van der Waals surface area contributed by atoms with Crippen LogP contribution in [0.15, 0.2) is 30.3 Å². The zero-order valence-corrected chi connectivity index (χ0v) is 12.7. The maximum Gasteiger partial charge on any atom is 0.239 e. The monoisotopic (exact) mass is 276 g/mol. The Morgan fingerprint density at radius 1 is 1.10 bits per heavy atom. The maximum atomic E-state index is 12.2. The number of rotatable bonds is 6. The van der Waals surface area contributed by atoms with Gasteiger partial charge in [0.25, 0.3) is 0 Å². The Labute approximate surface area is 121 Å². The van der Waals surface area contributed by atoms with E-state index in [1.807, 2.05) is 18.2 Å². The summed E-state index contributed by atoms with van der Waals surface area (Å²) in [5.74, 6) is -0.0196. The highest BCUT2D eigenvalue weighted by molar-refractivity contribution is 6.09. The summed E-state index contributed by atoms with van der Waals surface area (Å²) >= 11 is 0. The Kier molecular flexibility index (Phi) is 5.74. The minimum absolute atomic E-state index is 0.244. The van der Waals surface area contributed by atoms with Crippen molar-refractivity contribution < 1.29 is 9.59 Å². The topological polar surface area (TPSA) is 58.2 Å². The van der Waals surface area contributed by atoms with E-state index in [-0.39, 0.29) is 11.8 Å². The Morgan fingerprint density at radius 3 is 2.25 bits per heavy atom. The molecule has 0 unspecified atom stereocenters. The van der Waals surface area contributed by atoms with Gasteiger partial charge in [0.2, 0.25) is 11.8 Å². The summed E-state index contributed by atoms with van der Waals surface area (Å²) < 4.78 is 0. The Hall–Kier alpha value is -1.84. The number of amides is 2. The van der Waals surface area contributed by atoms with Crippen molar-refractivity contribution >= 4 is 17.5 Å². The first-order valence-electron chi connectivity index (χ1n) is 6.99. The van der Waals surface area contributed by atoms with Crippen LogP contribution in [0.4, 0.5) is 5.69 Å². The second kappa shape index (κ2) is 7.08. The summed E-state index contributed by atoms with van der Waals surface area (Å²) in [4.78, 5) is 24.3. The molecule has 0 aliphatic heterocycles. The molecule has 0 aliphatic carbocycles. The Balaban J connectivity index is 2.58. The predicted molar refractivity (Wildman–Crippen MR) is 81.3 cm³/mol. The van der Waals surface area contributed by atoms with E-state index in [2.05, 4.69) is 24.5 Å². The summed E-state index contributed by atoms with van der Waals surface area (Å²) in [5, 5.41) is 5.58. The summed E-state index contributed by atoms with van der Waals surface area (Å²) in [6.45, 7) is 8.06. The number of benzene rings is 1. The number of nitrogens with one attached hydrogen (secondary N) is 2. The molecule has 0 aliphatic rings. The van der Waals surface area contributed by atoms with Crippen LogP contribution < -0.4 is 10.6 Å². The van der Waals surface area contributed by atoms with Crippen molar-refractivity contribution in [1.82, 2.24) is 5.32 Å². The maximum absolute atomic E-state index is 12.2. The highest BCUT2D eigenvalue weighted by Gasteiger charge is 2.35. The average Bonchev–Trinajstić information content (AvgIpc) is 2.39.